The Balaban J connectivity index is 1.63. The average Bonchev–Trinajstić information content (AvgIpc) is 3.04. The molecule has 0 heterocycles. The molecule has 4 heteroatoms. The molecular weight excluding hydrogens is 376 g/mol. The van der Waals surface area contributed by atoms with E-state index in [0.29, 0.717) is 35.5 Å². The average molecular weight is 421 g/mol. The summed E-state index contributed by atoms with van der Waals surface area (Å²) in [6.45, 7) is 9.37. The van der Waals surface area contributed by atoms with Gasteiger partial charge in [0, 0.05) is 6.42 Å². The molecule has 0 amide bonds. The summed E-state index contributed by atoms with van der Waals surface area (Å²) in [5.74, 6) is 2.21. The van der Waals surface area contributed by atoms with Gasteiger partial charge in [-0.25, -0.2) is 0 Å². The molecule has 0 aliphatic heterocycles. The number of aliphatic hydroxyl groups is 2. The number of rotatable bonds is 5. The monoisotopic (exact) mass is 420 g/mol. The molecule has 4 saturated carbocycles. The molecule has 4 aliphatic rings. The summed E-state index contributed by atoms with van der Waals surface area (Å²) in [5.41, 5.74) is -0.142. The third-order valence-electron chi connectivity index (χ3n) is 11.0. The van der Waals surface area contributed by atoms with Gasteiger partial charge in [-0.05, 0) is 111 Å². The zero-order chi connectivity index (χ0) is 21.9. The second kappa shape index (κ2) is 7.76. The van der Waals surface area contributed by atoms with Gasteiger partial charge in [-0.15, -0.1) is 0 Å². The summed E-state index contributed by atoms with van der Waals surface area (Å²) in [7, 11) is 0. The molecule has 0 aromatic rings. The summed E-state index contributed by atoms with van der Waals surface area (Å²) >= 11 is 0. The van der Waals surface area contributed by atoms with Crippen LogP contribution in [-0.2, 0) is 4.79 Å². The molecular formula is C26H44O4. The number of hydrogen-bond acceptors (Lipinski definition) is 3. The van der Waals surface area contributed by atoms with Crippen molar-refractivity contribution in [3.05, 3.63) is 0 Å². The quantitative estimate of drug-likeness (QED) is 0.567. The zero-order valence-corrected chi connectivity index (χ0v) is 19.6. The largest absolute Gasteiger partial charge is 0.481 e. The van der Waals surface area contributed by atoms with Crippen molar-refractivity contribution in [2.45, 2.75) is 110 Å². The lowest BCUT2D eigenvalue weighted by molar-refractivity contribution is -0.220. The van der Waals surface area contributed by atoms with Gasteiger partial charge in [0.15, 0.2) is 0 Å². The van der Waals surface area contributed by atoms with Crippen LogP contribution in [-0.4, -0.2) is 33.0 Å². The van der Waals surface area contributed by atoms with Gasteiger partial charge < -0.3 is 15.3 Å². The molecule has 4 nitrogen and oxygen atoms in total. The maximum atomic E-state index is 12.0. The van der Waals surface area contributed by atoms with Gasteiger partial charge in [0.25, 0.3) is 0 Å². The Morgan fingerprint density at radius 1 is 1.07 bits per heavy atom. The van der Waals surface area contributed by atoms with Crippen LogP contribution in [0.2, 0.25) is 0 Å². The van der Waals surface area contributed by atoms with Crippen LogP contribution in [0.1, 0.15) is 98.3 Å². The molecule has 0 spiro atoms. The van der Waals surface area contributed by atoms with Crippen LogP contribution in [0.5, 0.6) is 0 Å². The molecule has 4 fully saturated rings. The zero-order valence-electron chi connectivity index (χ0n) is 19.6. The summed E-state index contributed by atoms with van der Waals surface area (Å²) < 4.78 is 0. The molecule has 0 unspecified atom stereocenters. The SMILES string of the molecule is CC[C@]1(O)C[C@@H]2C[C@H](O)CC[C@]2(C)[C@H]2CC[C@]3(C)[C@@H]([C@H](C)CCC(=O)O)CC[C@H]3[C@@H]21. The van der Waals surface area contributed by atoms with E-state index >= 15 is 0 Å². The minimum absolute atomic E-state index is 0.194. The Bertz CT molecular complexity index is 663. The van der Waals surface area contributed by atoms with E-state index in [9.17, 15) is 15.0 Å². The fourth-order valence-corrected chi connectivity index (χ4v) is 9.30. The number of fused-ring (bicyclic) bond motifs is 5. The van der Waals surface area contributed by atoms with E-state index in [1.54, 1.807) is 0 Å². The number of aliphatic hydroxyl groups excluding tert-OH is 1. The van der Waals surface area contributed by atoms with E-state index in [4.69, 9.17) is 5.11 Å². The predicted octanol–water partition coefficient (Wildman–Crippen LogP) is 5.26. The van der Waals surface area contributed by atoms with E-state index in [2.05, 4.69) is 27.7 Å². The van der Waals surface area contributed by atoms with Crippen LogP contribution >= 0.6 is 0 Å². The fraction of sp³-hybridized carbons (Fsp3) is 0.962. The highest BCUT2D eigenvalue weighted by molar-refractivity contribution is 5.66. The normalized spacial score (nSPS) is 51.5. The fourth-order valence-electron chi connectivity index (χ4n) is 9.30. The summed E-state index contributed by atoms with van der Waals surface area (Å²) in [6.07, 6.45) is 10.1. The second-order valence-electron chi connectivity index (χ2n) is 12.2. The van der Waals surface area contributed by atoms with Crippen LogP contribution in [0.4, 0.5) is 0 Å². The first-order valence-electron chi connectivity index (χ1n) is 12.7. The maximum absolute atomic E-state index is 12.0. The van der Waals surface area contributed by atoms with Gasteiger partial charge >= 0.3 is 5.97 Å². The predicted molar refractivity (Wildman–Crippen MR) is 118 cm³/mol. The van der Waals surface area contributed by atoms with Crippen LogP contribution in [0.25, 0.3) is 0 Å². The lowest BCUT2D eigenvalue weighted by atomic mass is 9.41. The first-order valence-corrected chi connectivity index (χ1v) is 12.7. The van der Waals surface area contributed by atoms with Crippen LogP contribution < -0.4 is 0 Å². The molecule has 0 aromatic heterocycles. The van der Waals surface area contributed by atoms with Gasteiger partial charge in [0.05, 0.1) is 11.7 Å². The van der Waals surface area contributed by atoms with E-state index < -0.39 is 11.6 Å². The van der Waals surface area contributed by atoms with E-state index in [0.717, 1.165) is 38.5 Å². The number of carboxylic acid groups (broad SMARTS) is 1. The molecule has 172 valence electrons. The second-order valence-corrected chi connectivity index (χ2v) is 12.2. The van der Waals surface area contributed by atoms with Crippen LogP contribution in [0.3, 0.4) is 0 Å². The highest BCUT2D eigenvalue weighted by Crippen LogP contribution is 2.70. The van der Waals surface area contributed by atoms with E-state index in [-0.39, 0.29) is 23.4 Å². The van der Waals surface area contributed by atoms with Crippen molar-refractivity contribution in [2.75, 3.05) is 0 Å². The number of carbonyl (C=O) groups is 1. The van der Waals surface area contributed by atoms with Crippen molar-refractivity contribution >= 4 is 5.97 Å². The molecule has 4 aliphatic carbocycles. The first-order chi connectivity index (χ1) is 14.0. The Kier molecular flexibility index (Phi) is 5.84. The third kappa shape index (κ3) is 3.36. The van der Waals surface area contributed by atoms with Crippen molar-refractivity contribution in [3.8, 4) is 0 Å². The van der Waals surface area contributed by atoms with Gasteiger partial charge in [-0.1, -0.05) is 27.7 Å². The number of carboxylic acids is 1. The molecule has 3 N–H and O–H groups in total. The number of hydrogen-bond donors (Lipinski definition) is 3. The number of aliphatic carboxylic acids is 1. The maximum Gasteiger partial charge on any atom is 0.303 e. The Labute approximate surface area is 182 Å². The lowest BCUT2D eigenvalue weighted by Crippen LogP contribution is -2.63. The lowest BCUT2D eigenvalue weighted by Gasteiger charge is -2.65. The highest BCUT2D eigenvalue weighted by Gasteiger charge is 2.66. The Hall–Kier alpha value is -0.610. The van der Waals surface area contributed by atoms with Crippen molar-refractivity contribution in [2.24, 2.45) is 46.3 Å². The van der Waals surface area contributed by atoms with Crippen molar-refractivity contribution < 1.29 is 20.1 Å². The summed E-state index contributed by atoms with van der Waals surface area (Å²) in [4.78, 5) is 11.1. The first kappa shape index (κ1) is 22.6. The summed E-state index contributed by atoms with van der Waals surface area (Å²) in [5, 5.41) is 31.5. The van der Waals surface area contributed by atoms with Crippen molar-refractivity contribution in [3.63, 3.8) is 0 Å². The molecule has 0 aromatic carbocycles. The Morgan fingerprint density at radius 2 is 1.73 bits per heavy atom. The van der Waals surface area contributed by atoms with Crippen LogP contribution in [0.15, 0.2) is 0 Å². The molecule has 4 rings (SSSR count). The highest BCUT2D eigenvalue weighted by atomic mass is 16.4. The van der Waals surface area contributed by atoms with E-state index in [1.807, 2.05) is 0 Å². The minimum atomic E-state index is -0.684. The van der Waals surface area contributed by atoms with Gasteiger partial charge in [0.1, 0.15) is 0 Å². The molecule has 0 bridgehead atoms. The minimum Gasteiger partial charge on any atom is -0.481 e. The van der Waals surface area contributed by atoms with Gasteiger partial charge in [-0.2, -0.15) is 0 Å². The van der Waals surface area contributed by atoms with Gasteiger partial charge in [-0.3, -0.25) is 4.79 Å². The molecule has 10 atom stereocenters. The standard InChI is InChI=1S/C26H44O4/c1-5-26(30)15-17-14-18(27)10-12-24(17,3)21-11-13-25(4)19(7-8-20(25)23(21)26)16(2)6-9-22(28)29/h16-21,23,27,30H,5-15H2,1-4H3,(H,28,29)/t16-,17+,18-,19-,20+,21+,23+,24+,25-,26+/m1/s1. The molecule has 0 saturated heterocycles. The van der Waals surface area contributed by atoms with E-state index in [1.165, 1.54) is 25.7 Å². The molecule has 30 heavy (non-hydrogen) atoms. The molecule has 0 radical (unpaired) electrons. The topological polar surface area (TPSA) is 77.8 Å². The smallest absolute Gasteiger partial charge is 0.303 e. The van der Waals surface area contributed by atoms with Crippen LogP contribution in [0, 0.1) is 46.3 Å². The van der Waals surface area contributed by atoms with Crippen molar-refractivity contribution in [1.82, 2.24) is 0 Å². The Morgan fingerprint density at radius 3 is 2.40 bits per heavy atom. The van der Waals surface area contributed by atoms with Gasteiger partial charge in [0.2, 0.25) is 0 Å². The summed E-state index contributed by atoms with van der Waals surface area (Å²) in [6, 6.07) is 0. The van der Waals surface area contributed by atoms with Crippen molar-refractivity contribution in [1.29, 1.82) is 0 Å². The third-order valence-corrected chi connectivity index (χ3v) is 11.0.